The first-order chi connectivity index (χ1) is 7.75. The van der Waals surface area contributed by atoms with Crippen LogP contribution in [0.2, 0.25) is 5.35 Å². The fourth-order valence-electron chi connectivity index (χ4n) is 1.07. The second-order valence-electron chi connectivity index (χ2n) is 2.93. The minimum atomic E-state index is -0.417. The minimum absolute atomic E-state index is 0.0649. The lowest BCUT2D eigenvalue weighted by molar-refractivity contribution is 0.0957. The van der Waals surface area contributed by atoms with Crippen LogP contribution in [0, 0.1) is 0 Å². The number of hydrazine groups is 1. The van der Waals surface area contributed by atoms with Crippen molar-refractivity contribution in [2.45, 2.75) is 0 Å². The SMILES string of the molecule is O=C(NNc1ccccc1)c1coc(Cl)n1. The number of hydrogen-bond donors (Lipinski definition) is 2. The molecular formula is C10H8ClN3O2. The lowest BCUT2D eigenvalue weighted by atomic mass is 10.3. The zero-order chi connectivity index (χ0) is 11.4. The summed E-state index contributed by atoms with van der Waals surface area (Å²) in [7, 11) is 0. The van der Waals surface area contributed by atoms with Crippen LogP contribution in [0.3, 0.4) is 0 Å². The number of benzene rings is 1. The molecule has 1 heterocycles. The molecule has 0 fully saturated rings. The van der Waals surface area contributed by atoms with Gasteiger partial charge in [-0.25, -0.2) is 0 Å². The summed E-state index contributed by atoms with van der Waals surface area (Å²) in [6, 6.07) is 9.21. The van der Waals surface area contributed by atoms with E-state index in [0.29, 0.717) is 0 Å². The third kappa shape index (κ3) is 2.52. The molecule has 0 aliphatic heterocycles. The second-order valence-corrected chi connectivity index (χ2v) is 3.25. The first kappa shape index (κ1) is 10.5. The highest BCUT2D eigenvalue weighted by Crippen LogP contribution is 2.07. The van der Waals surface area contributed by atoms with E-state index < -0.39 is 5.91 Å². The zero-order valence-electron chi connectivity index (χ0n) is 8.11. The number of oxazole rings is 1. The minimum Gasteiger partial charge on any atom is -0.435 e. The van der Waals surface area contributed by atoms with Crippen LogP contribution in [0.5, 0.6) is 0 Å². The quantitative estimate of drug-likeness (QED) is 0.802. The number of nitrogens with one attached hydrogen (secondary N) is 2. The normalized spacial score (nSPS) is 9.81. The molecule has 2 N–H and O–H groups in total. The lowest BCUT2D eigenvalue weighted by Crippen LogP contribution is -2.29. The third-order valence-electron chi connectivity index (χ3n) is 1.80. The number of halogens is 1. The Kier molecular flexibility index (Phi) is 3.07. The average Bonchev–Trinajstić information content (AvgIpc) is 2.74. The summed E-state index contributed by atoms with van der Waals surface area (Å²) < 4.78 is 4.70. The van der Waals surface area contributed by atoms with E-state index in [0.717, 1.165) is 5.69 Å². The number of hydrogen-bond acceptors (Lipinski definition) is 4. The van der Waals surface area contributed by atoms with Gasteiger partial charge in [0, 0.05) is 0 Å². The van der Waals surface area contributed by atoms with E-state index in [1.54, 1.807) is 0 Å². The lowest BCUT2D eigenvalue weighted by Gasteiger charge is -2.05. The van der Waals surface area contributed by atoms with Crippen molar-refractivity contribution in [2.75, 3.05) is 5.43 Å². The van der Waals surface area contributed by atoms with Crippen LogP contribution in [0.25, 0.3) is 0 Å². The fraction of sp³-hybridized carbons (Fsp3) is 0. The van der Waals surface area contributed by atoms with Crippen molar-refractivity contribution < 1.29 is 9.21 Å². The van der Waals surface area contributed by atoms with Gasteiger partial charge in [0.2, 0.25) is 0 Å². The maximum Gasteiger partial charge on any atom is 0.292 e. The standard InChI is InChI=1S/C10H8ClN3O2/c11-10-12-8(6-16-10)9(15)14-13-7-4-2-1-3-5-7/h1-6,13H,(H,14,15). The summed E-state index contributed by atoms with van der Waals surface area (Å²) in [6.07, 6.45) is 1.18. The molecule has 1 aromatic carbocycles. The highest BCUT2D eigenvalue weighted by atomic mass is 35.5. The van der Waals surface area contributed by atoms with E-state index in [4.69, 9.17) is 16.0 Å². The second kappa shape index (κ2) is 4.67. The molecule has 0 aliphatic rings. The zero-order valence-corrected chi connectivity index (χ0v) is 8.86. The van der Waals surface area contributed by atoms with E-state index >= 15 is 0 Å². The van der Waals surface area contributed by atoms with Crippen LogP contribution < -0.4 is 10.9 Å². The highest BCUT2D eigenvalue weighted by Gasteiger charge is 2.10. The summed E-state index contributed by atoms with van der Waals surface area (Å²) in [6.45, 7) is 0. The first-order valence-electron chi connectivity index (χ1n) is 4.48. The van der Waals surface area contributed by atoms with Crippen molar-refractivity contribution in [3.63, 3.8) is 0 Å². The van der Waals surface area contributed by atoms with Crippen molar-refractivity contribution in [2.24, 2.45) is 0 Å². The number of aromatic nitrogens is 1. The maximum absolute atomic E-state index is 11.5. The first-order valence-corrected chi connectivity index (χ1v) is 4.86. The summed E-state index contributed by atoms with van der Waals surface area (Å²) in [4.78, 5) is 15.1. The number of nitrogens with zero attached hydrogens (tertiary/aromatic N) is 1. The van der Waals surface area contributed by atoms with Gasteiger partial charge in [-0.2, -0.15) is 4.98 Å². The van der Waals surface area contributed by atoms with Crippen LogP contribution >= 0.6 is 11.6 Å². The molecule has 1 aromatic heterocycles. The maximum atomic E-state index is 11.5. The van der Waals surface area contributed by atoms with Gasteiger partial charge in [-0.05, 0) is 23.7 Å². The van der Waals surface area contributed by atoms with Gasteiger partial charge >= 0.3 is 0 Å². The van der Waals surface area contributed by atoms with Crippen molar-refractivity contribution in [3.8, 4) is 0 Å². The van der Waals surface area contributed by atoms with Crippen molar-refractivity contribution in [1.29, 1.82) is 0 Å². The molecule has 2 rings (SSSR count). The van der Waals surface area contributed by atoms with Gasteiger partial charge in [0.1, 0.15) is 6.26 Å². The van der Waals surface area contributed by atoms with E-state index in [2.05, 4.69) is 15.8 Å². The fourth-order valence-corrected chi connectivity index (χ4v) is 1.21. The number of amides is 1. The van der Waals surface area contributed by atoms with Crippen LogP contribution in [-0.4, -0.2) is 10.9 Å². The summed E-state index contributed by atoms with van der Waals surface area (Å²) in [5.41, 5.74) is 6.07. The smallest absolute Gasteiger partial charge is 0.292 e. The number of rotatable bonds is 3. The molecule has 0 saturated heterocycles. The molecule has 0 saturated carbocycles. The largest absolute Gasteiger partial charge is 0.435 e. The monoisotopic (exact) mass is 237 g/mol. The van der Waals surface area contributed by atoms with Gasteiger partial charge in [-0.3, -0.25) is 15.6 Å². The van der Waals surface area contributed by atoms with Gasteiger partial charge in [0.05, 0.1) is 5.69 Å². The Morgan fingerprint density at radius 2 is 2.06 bits per heavy atom. The molecule has 5 nitrogen and oxygen atoms in total. The van der Waals surface area contributed by atoms with Crippen LogP contribution in [-0.2, 0) is 0 Å². The Morgan fingerprint density at radius 1 is 1.31 bits per heavy atom. The topological polar surface area (TPSA) is 67.2 Å². The molecule has 82 valence electrons. The molecule has 2 aromatic rings. The predicted octanol–water partition coefficient (Wildman–Crippen LogP) is 2.08. The molecule has 0 spiro atoms. The third-order valence-corrected chi connectivity index (χ3v) is 1.98. The van der Waals surface area contributed by atoms with Gasteiger partial charge in [0.15, 0.2) is 5.69 Å². The molecule has 1 amide bonds. The molecule has 0 atom stereocenters. The molecule has 0 aliphatic carbocycles. The molecular weight excluding hydrogens is 230 g/mol. The number of carbonyl (C=O) groups excluding carboxylic acids is 1. The Morgan fingerprint density at radius 3 is 2.69 bits per heavy atom. The van der Waals surface area contributed by atoms with Gasteiger partial charge in [-0.1, -0.05) is 18.2 Å². The molecule has 6 heteroatoms. The average molecular weight is 238 g/mol. The van der Waals surface area contributed by atoms with Gasteiger partial charge < -0.3 is 4.42 Å². The Labute approximate surface area is 96.4 Å². The summed E-state index contributed by atoms with van der Waals surface area (Å²) in [5, 5.41) is -0.0649. The van der Waals surface area contributed by atoms with Crippen molar-refractivity contribution >= 4 is 23.2 Å². The molecule has 0 unspecified atom stereocenters. The Balaban J connectivity index is 1.94. The molecule has 0 radical (unpaired) electrons. The number of carbonyl (C=O) groups is 1. The molecule has 0 bridgehead atoms. The van der Waals surface area contributed by atoms with E-state index in [-0.39, 0.29) is 11.0 Å². The van der Waals surface area contributed by atoms with Crippen molar-refractivity contribution in [1.82, 2.24) is 10.4 Å². The van der Waals surface area contributed by atoms with E-state index in [1.165, 1.54) is 6.26 Å². The summed E-state index contributed by atoms with van der Waals surface area (Å²) >= 11 is 5.44. The number of anilines is 1. The van der Waals surface area contributed by atoms with Crippen molar-refractivity contribution in [3.05, 3.63) is 47.6 Å². The van der Waals surface area contributed by atoms with Crippen LogP contribution in [0.1, 0.15) is 10.5 Å². The van der Waals surface area contributed by atoms with E-state index in [9.17, 15) is 4.79 Å². The van der Waals surface area contributed by atoms with Gasteiger partial charge in [-0.15, -0.1) is 0 Å². The Bertz CT molecular complexity index is 484. The number of para-hydroxylation sites is 1. The predicted molar refractivity (Wildman–Crippen MR) is 59.0 cm³/mol. The molecule has 16 heavy (non-hydrogen) atoms. The highest BCUT2D eigenvalue weighted by molar-refractivity contribution is 6.27. The van der Waals surface area contributed by atoms with Crippen LogP contribution in [0.15, 0.2) is 41.0 Å². The van der Waals surface area contributed by atoms with E-state index in [1.807, 2.05) is 30.3 Å². The van der Waals surface area contributed by atoms with Gasteiger partial charge in [0.25, 0.3) is 11.3 Å². The van der Waals surface area contributed by atoms with Crippen LogP contribution in [0.4, 0.5) is 5.69 Å². The Hall–Kier alpha value is -2.01. The summed E-state index contributed by atoms with van der Waals surface area (Å²) in [5.74, 6) is -0.417.